The Morgan fingerprint density at radius 2 is 0.932 bits per heavy atom. The van der Waals surface area contributed by atoms with Gasteiger partial charge in [0, 0.05) is 0 Å². The molecule has 1 fully saturated rings. The second kappa shape index (κ2) is 22.0. The van der Waals surface area contributed by atoms with E-state index < -0.39 is 0 Å². The van der Waals surface area contributed by atoms with Gasteiger partial charge in [0.25, 0.3) is 0 Å². The zero-order chi connectivity index (χ0) is 30.7. The van der Waals surface area contributed by atoms with Crippen molar-refractivity contribution in [2.45, 2.75) is 78.7 Å². The summed E-state index contributed by atoms with van der Waals surface area (Å²) in [6.07, 6.45) is 12.4. The largest absolute Gasteiger partial charge is 2.00 e. The number of hydrogen-bond acceptors (Lipinski definition) is 0. The summed E-state index contributed by atoms with van der Waals surface area (Å²) >= 11 is 0. The topological polar surface area (TPSA) is 23.8 Å². The number of allylic oxidation sites excluding steroid dienone is 4. The average molecular weight is 676 g/mol. The van der Waals surface area contributed by atoms with Crippen LogP contribution >= 0.6 is 0 Å². The fourth-order valence-corrected chi connectivity index (χ4v) is 6.38. The Labute approximate surface area is 290 Å². The monoisotopic (exact) mass is 674 g/mol. The van der Waals surface area contributed by atoms with Gasteiger partial charge in [-0.1, -0.05) is 203 Å². The predicted octanol–water partition coefficient (Wildman–Crippen LogP) is 10.3. The number of hydrogen-bond donors (Lipinski definition) is 0. The third-order valence-electron chi connectivity index (χ3n) is 8.16. The summed E-state index contributed by atoms with van der Waals surface area (Å²) in [5.41, 5.74) is 14.3. The molecule has 1 atom stereocenters. The van der Waals surface area contributed by atoms with Crippen LogP contribution in [0.25, 0.3) is 16.9 Å². The molecular formula is C41H50NSiZr. The molecule has 2 aliphatic carbocycles. The first-order chi connectivity index (χ1) is 20.9. The summed E-state index contributed by atoms with van der Waals surface area (Å²) in [7, 11) is 0.271. The van der Waals surface area contributed by atoms with Gasteiger partial charge >= 0.3 is 26.2 Å². The van der Waals surface area contributed by atoms with Crippen molar-refractivity contribution in [1.82, 2.24) is 0 Å². The smallest absolute Gasteiger partial charge is 0.675 e. The SMILES string of the molecule is CC1=[C-]C(C)C(C)=C1C.[NH-]C1CCCCCCC1.[Zr+2].c1ccc(-c2ccccc2)cc1.c1ccc([SiH]c2ccccc2)cc1. The maximum absolute atomic E-state index is 7.51. The minimum atomic E-state index is 0. The molecule has 1 unspecified atom stereocenters. The maximum Gasteiger partial charge on any atom is 2.00 e. The molecule has 1 N–H and O–H groups in total. The molecule has 1 nitrogen and oxygen atoms in total. The van der Waals surface area contributed by atoms with E-state index in [-0.39, 0.29) is 41.8 Å². The predicted molar refractivity (Wildman–Crippen MR) is 192 cm³/mol. The van der Waals surface area contributed by atoms with Crippen LogP contribution in [0.15, 0.2) is 138 Å². The van der Waals surface area contributed by atoms with Crippen molar-refractivity contribution in [3.8, 4) is 11.1 Å². The van der Waals surface area contributed by atoms with E-state index in [0.29, 0.717) is 5.92 Å². The summed E-state index contributed by atoms with van der Waals surface area (Å²) in [4.78, 5) is 0. The van der Waals surface area contributed by atoms with Crippen LogP contribution in [-0.2, 0) is 26.2 Å². The van der Waals surface area contributed by atoms with Crippen LogP contribution in [-0.4, -0.2) is 15.6 Å². The average Bonchev–Trinajstić information content (AvgIpc) is 3.26. The third kappa shape index (κ3) is 14.5. The molecule has 1 saturated carbocycles. The Balaban J connectivity index is 0.000000206. The summed E-state index contributed by atoms with van der Waals surface area (Å²) in [6.45, 7) is 8.67. The number of benzene rings is 4. The molecule has 0 aromatic heterocycles. The van der Waals surface area contributed by atoms with E-state index in [9.17, 15) is 0 Å². The Kier molecular flexibility index (Phi) is 18.8. The molecule has 0 spiro atoms. The summed E-state index contributed by atoms with van der Waals surface area (Å²) in [5, 5.41) is 2.90. The van der Waals surface area contributed by atoms with Gasteiger partial charge < -0.3 is 5.73 Å². The second-order valence-corrected chi connectivity index (χ2v) is 13.2. The van der Waals surface area contributed by atoms with Gasteiger partial charge in [-0.15, -0.1) is 13.0 Å². The van der Waals surface area contributed by atoms with E-state index in [0.717, 1.165) is 12.8 Å². The van der Waals surface area contributed by atoms with Gasteiger partial charge in [-0.2, -0.15) is 11.1 Å². The van der Waals surface area contributed by atoms with Gasteiger partial charge in [-0.05, 0) is 11.1 Å². The quantitative estimate of drug-likeness (QED) is 0.152. The summed E-state index contributed by atoms with van der Waals surface area (Å²) in [6, 6.07) is 42.4. The van der Waals surface area contributed by atoms with Gasteiger partial charge in [0.2, 0.25) is 0 Å². The zero-order valence-corrected chi connectivity index (χ0v) is 30.8. The first-order valence-electron chi connectivity index (χ1n) is 16.0. The Hall–Kier alpha value is -2.58. The fraction of sp³-hybridized carbons (Fsp3) is 0.317. The van der Waals surface area contributed by atoms with Crippen LogP contribution < -0.4 is 10.4 Å². The molecule has 4 aromatic carbocycles. The van der Waals surface area contributed by atoms with Gasteiger partial charge in [-0.25, -0.2) is 5.57 Å². The Morgan fingerprint density at radius 1 is 0.568 bits per heavy atom. The molecular weight excluding hydrogens is 626 g/mol. The van der Waals surface area contributed by atoms with E-state index in [4.69, 9.17) is 5.73 Å². The van der Waals surface area contributed by atoms with Crippen LogP contribution in [0.4, 0.5) is 0 Å². The molecule has 0 amide bonds. The maximum atomic E-state index is 7.51. The third-order valence-corrected chi connectivity index (χ3v) is 9.59. The molecule has 44 heavy (non-hydrogen) atoms. The minimum absolute atomic E-state index is 0. The number of rotatable bonds is 3. The standard InChI is InChI=1S/C12H11Si.C12H10.C9H13.C8H16N.Zr/c1-3-7-11(8-4-1)13-12-9-5-2-6-10-12;1-3-7-11(8-4-1)12-9-5-2-6-10-12;1-6-5-7(2)9(4)8(6)3;9-8-6-4-2-1-3-5-7-8;/h1-10,13H;1-10H;6H,1-4H3;8-9H,1-7H2;/q;;2*-1;+2. The molecule has 0 aliphatic heterocycles. The number of nitrogens with one attached hydrogen (secondary N) is 1. The van der Waals surface area contributed by atoms with Gasteiger partial charge in [-0.3, -0.25) is 6.08 Å². The Bertz CT molecular complexity index is 1270. The summed E-state index contributed by atoms with van der Waals surface area (Å²) in [5.74, 6) is 0.560. The van der Waals surface area contributed by atoms with Crippen LogP contribution in [0.5, 0.6) is 0 Å². The van der Waals surface area contributed by atoms with Crippen molar-refractivity contribution in [1.29, 1.82) is 0 Å². The van der Waals surface area contributed by atoms with Crippen LogP contribution in [0.2, 0.25) is 0 Å². The molecule has 3 heteroatoms. The fourth-order valence-electron chi connectivity index (χ4n) is 5.17. The molecule has 4 aromatic rings. The van der Waals surface area contributed by atoms with Crippen molar-refractivity contribution in [3.05, 3.63) is 150 Å². The molecule has 6 rings (SSSR count). The minimum Gasteiger partial charge on any atom is -0.675 e. The van der Waals surface area contributed by atoms with Gasteiger partial charge in [0.15, 0.2) is 0 Å². The molecule has 0 saturated heterocycles. The first-order valence-corrected chi connectivity index (χ1v) is 17.1. The molecule has 0 heterocycles. The molecule has 2 aliphatic rings. The van der Waals surface area contributed by atoms with Crippen LogP contribution in [0.1, 0.15) is 72.6 Å². The van der Waals surface area contributed by atoms with Crippen molar-refractivity contribution >= 4 is 19.9 Å². The van der Waals surface area contributed by atoms with E-state index in [1.54, 1.807) is 0 Å². The zero-order valence-electron chi connectivity index (χ0n) is 27.2. The van der Waals surface area contributed by atoms with Crippen LogP contribution in [0, 0.1) is 12.0 Å². The van der Waals surface area contributed by atoms with Crippen molar-refractivity contribution in [2.75, 3.05) is 0 Å². The molecule has 227 valence electrons. The summed E-state index contributed by atoms with van der Waals surface area (Å²) < 4.78 is 0. The van der Waals surface area contributed by atoms with Crippen molar-refractivity contribution in [3.63, 3.8) is 0 Å². The van der Waals surface area contributed by atoms with E-state index in [1.807, 2.05) is 12.1 Å². The molecule has 0 bridgehead atoms. The van der Waals surface area contributed by atoms with Crippen LogP contribution in [0.3, 0.4) is 0 Å². The van der Waals surface area contributed by atoms with Crippen molar-refractivity contribution < 1.29 is 26.2 Å². The molecule has 1 radical (unpaired) electrons. The first kappa shape index (κ1) is 37.6. The Morgan fingerprint density at radius 3 is 1.25 bits per heavy atom. The van der Waals surface area contributed by atoms with E-state index in [2.05, 4.69) is 143 Å². The normalized spacial score (nSPS) is 16.2. The van der Waals surface area contributed by atoms with Gasteiger partial charge in [0.05, 0.1) is 0 Å². The van der Waals surface area contributed by atoms with E-state index >= 15 is 0 Å². The van der Waals surface area contributed by atoms with Gasteiger partial charge in [0.1, 0.15) is 9.52 Å². The van der Waals surface area contributed by atoms with Crippen molar-refractivity contribution in [2.24, 2.45) is 5.92 Å². The van der Waals surface area contributed by atoms with E-state index in [1.165, 1.54) is 70.3 Å². The second-order valence-electron chi connectivity index (χ2n) is 11.5.